The molecule has 2 aromatic carbocycles. The normalized spacial score (nSPS) is 11.6. The topological polar surface area (TPSA) is 58.5 Å². The molecular formula is C25H33NO5. The Morgan fingerprint density at radius 2 is 1.61 bits per heavy atom. The molecule has 0 atom stereocenters. The standard InChI is InChI=1S/C25H33NO5/c1-6-7-12-29-24-15-19(2)25(20(3)16-24)31-14-13-30-23-10-8-22(9-11-23)18-28-17-21(4)26-27-5/h6-11,15-16H,12-14,17-18H2,1-5H3/b7-6+,26-21?. The van der Waals surface area contributed by atoms with E-state index in [1.807, 2.05) is 76.2 Å². The molecule has 0 radical (unpaired) electrons. The van der Waals surface area contributed by atoms with E-state index in [4.69, 9.17) is 23.8 Å². The van der Waals surface area contributed by atoms with E-state index in [1.54, 1.807) is 0 Å². The van der Waals surface area contributed by atoms with Crippen LogP contribution in [-0.2, 0) is 16.2 Å². The first-order valence-corrected chi connectivity index (χ1v) is 10.4. The predicted octanol–water partition coefficient (Wildman–Crippen LogP) is 5.26. The van der Waals surface area contributed by atoms with E-state index in [1.165, 1.54) is 7.11 Å². The third-order valence-electron chi connectivity index (χ3n) is 4.36. The van der Waals surface area contributed by atoms with Crippen molar-refractivity contribution < 1.29 is 23.8 Å². The van der Waals surface area contributed by atoms with Crippen molar-refractivity contribution in [3.8, 4) is 17.2 Å². The maximum atomic E-state index is 5.95. The summed E-state index contributed by atoms with van der Waals surface area (Å²) in [6, 6.07) is 11.8. The number of aryl methyl sites for hydroxylation is 2. The van der Waals surface area contributed by atoms with Gasteiger partial charge in [0.25, 0.3) is 0 Å². The molecule has 0 heterocycles. The quantitative estimate of drug-likeness (QED) is 0.189. The Kier molecular flexibility index (Phi) is 10.4. The number of hydrogen-bond acceptors (Lipinski definition) is 6. The third-order valence-corrected chi connectivity index (χ3v) is 4.36. The summed E-state index contributed by atoms with van der Waals surface area (Å²) in [5, 5.41) is 3.81. The minimum atomic E-state index is 0.436. The van der Waals surface area contributed by atoms with Gasteiger partial charge in [-0.3, -0.25) is 0 Å². The molecule has 0 saturated heterocycles. The fourth-order valence-corrected chi connectivity index (χ4v) is 2.95. The second kappa shape index (κ2) is 13.3. The zero-order chi connectivity index (χ0) is 22.5. The lowest BCUT2D eigenvalue weighted by Crippen LogP contribution is -2.10. The average molecular weight is 428 g/mol. The molecule has 2 aromatic rings. The second-order valence-corrected chi connectivity index (χ2v) is 7.11. The maximum Gasteiger partial charge on any atom is 0.125 e. The van der Waals surface area contributed by atoms with Crippen LogP contribution >= 0.6 is 0 Å². The first kappa shape index (κ1) is 24.3. The number of benzene rings is 2. The summed E-state index contributed by atoms with van der Waals surface area (Å²) in [5.74, 6) is 2.52. The molecule has 0 aliphatic heterocycles. The summed E-state index contributed by atoms with van der Waals surface area (Å²) in [5.41, 5.74) is 3.96. The number of allylic oxidation sites excluding steroid dienone is 1. The van der Waals surface area contributed by atoms with Crippen LogP contribution < -0.4 is 14.2 Å². The van der Waals surface area contributed by atoms with Gasteiger partial charge in [-0.05, 0) is 68.7 Å². The van der Waals surface area contributed by atoms with Crippen LogP contribution in [0, 0.1) is 13.8 Å². The number of rotatable bonds is 13. The van der Waals surface area contributed by atoms with Gasteiger partial charge in [0.2, 0.25) is 0 Å². The smallest absolute Gasteiger partial charge is 0.125 e. The minimum absolute atomic E-state index is 0.436. The molecule has 6 heteroatoms. The molecular weight excluding hydrogens is 394 g/mol. The Morgan fingerprint density at radius 3 is 2.26 bits per heavy atom. The molecule has 0 aliphatic carbocycles. The number of nitrogens with zero attached hydrogens (tertiary/aromatic N) is 1. The summed E-state index contributed by atoms with van der Waals surface area (Å²) < 4.78 is 23.1. The van der Waals surface area contributed by atoms with E-state index in [2.05, 4.69) is 5.16 Å². The van der Waals surface area contributed by atoms with E-state index >= 15 is 0 Å². The lowest BCUT2D eigenvalue weighted by atomic mass is 10.1. The van der Waals surface area contributed by atoms with Gasteiger partial charge >= 0.3 is 0 Å². The van der Waals surface area contributed by atoms with Gasteiger partial charge in [0.15, 0.2) is 0 Å². The number of oxime groups is 1. The SMILES string of the molecule is C/C=C/COc1cc(C)c(OCCOc2ccc(COCC(C)=NOC)cc2)c(C)c1. The molecule has 0 fully saturated rings. The van der Waals surface area contributed by atoms with Crippen LogP contribution in [0.3, 0.4) is 0 Å². The molecule has 2 rings (SSSR count). The highest BCUT2D eigenvalue weighted by Gasteiger charge is 2.07. The first-order chi connectivity index (χ1) is 15.0. The van der Waals surface area contributed by atoms with E-state index in [-0.39, 0.29) is 0 Å². The zero-order valence-corrected chi connectivity index (χ0v) is 19.1. The fraction of sp³-hybridized carbons (Fsp3) is 0.400. The molecule has 0 N–H and O–H groups in total. The number of hydrogen-bond donors (Lipinski definition) is 0. The van der Waals surface area contributed by atoms with Gasteiger partial charge in [0, 0.05) is 0 Å². The largest absolute Gasteiger partial charge is 0.490 e. The van der Waals surface area contributed by atoms with Crippen LogP contribution in [-0.4, -0.2) is 39.2 Å². The molecule has 168 valence electrons. The Bertz CT molecular complexity index is 836. The Balaban J connectivity index is 1.75. The molecule has 0 amide bonds. The molecule has 0 saturated carbocycles. The van der Waals surface area contributed by atoms with E-state index in [0.29, 0.717) is 33.0 Å². The van der Waals surface area contributed by atoms with Gasteiger partial charge < -0.3 is 23.8 Å². The first-order valence-electron chi connectivity index (χ1n) is 10.4. The van der Waals surface area contributed by atoms with Crippen LogP contribution in [0.1, 0.15) is 30.5 Å². The van der Waals surface area contributed by atoms with E-state index in [9.17, 15) is 0 Å². The highest BCUT2D eigenvalue weighted by Crippen LogP contribution is 2.28. The summed E-state index contributed by atoms with van der Waals surface area (Å²) in [7, 11) is 1.52. The Labute approximate surface area is 185 Å². The van der Waals surface area contributed by atoms with Crippen molar-refractivity contribution in [2.24, 2.45) is 5.16 Å². The highest BCUT2D eigenvalue weighted by molar-refractivity contribution is 5.82. The molecule has 0 unspecified atom stereocenters. The van der Waals surface area contributed by atoms with Gasteiger partial charge in [0.1, 0.15) is 44.2 Å². The molecule has 0 spiro atoms. The average Bonchev–Trinajstić information content (AvgIpc) is 2.74. The van der Waals surface area contributed by atoms with Gasteiger partial charge in [-0.1, -0.05) is 29.4 Å². The van der Waals surface area contributed by atoms with Crippen LogP contribution in [0.25, 0.3) is 0 Å². The lowest BCUT2D eigenvalue weighted by Gasteiger charge is -2.15. The molecule has 0 aromatic heterocycles. The monoisotopic (exact) mass is 427 g/mol. The van der Waals surface area contributed by atoms with Crippen molar-refractivity contribution >= 4 is 5.71 Å². The summed E-state index contributed by atoms with van der Waals surface area (Å²) >= 11 is 0. The van der Waals surface area contributed by atoms with Crippen molar-refractivity contribution in [1.29, 1.82) is 0 Å². The number of ether oxygens (including phenoxy) is 4. The maximum absolute atomic E-state index is 5.95. The lowest BCUT2D eigenvalue weighted by molar-refractivity contribution is 0.150. The van der Waals surface area contributed by atoms with E-state index in [0.717, 1.165) is 39.7 Å². The predicted molar refractivity (Wildman–Crippen MR) is 123 cm³/mol. The van der Waals surface area contributed by atoms with Crippen LogP contribution in [0.15, 0.2) is 53.7 Å². The molecule has 0 aliphatic rings. The molecule has 31 heavy (non-hydrogen) atoms. The van der Waals surface area contributed by atoms with Crippen molar-refractivity contribution in [2.75, 3.05) is 33.5 Å². The summed E-state index contributed by atoms with van der Waals surface area (Å²) in [6.45, 7) is 10.3. The minimum Gasteiger partial charge on any atom is -0.490 e. The van der Waals surface area contributed by atoms with Crippen molar-refractivity contribution in [3.05, 3.63) is 65.2 Å². The molecule has 6 nitrogen and oxygen atoms in total. The van der Waals surface area contributed by atoms with Crippen molar-refractivity contribution in [1.82, 2.24) is 0 Å². The van der Waals surface area contributed by atoms with Gasteiger partial charge in [-0.15, -0.1) is 0 Å². The summed E-state index contributed by atoms with van der Waals surface area (Å²) in [6.07, 6.45) is 3.95. The van der Waals surface area contributed by atoms with Crippen molar-refractivity contribution in [3.63, 3.8) is 0 Å². The third kappa shape index (κ3) is 8.72. The summed E-state index contributed by atoms with van der Waals surface area (Å²) in [4.78, 5) is 4.71. The second-order valence-electron chi connectivity index (χ2n) is 7.11. The van der Waals surface area contributed by atoms with Gasteiger partial charge in [0.05, 0.1) is 18.9 Å². The molecule has 0 bridgehead atoms. The van der Waals surface area contributed by atoms with Crippen LogP contribution in [0.4, 0.5) is 0 Å². The highest BCUT2D eigenvalue weighted by atomic mass is 16.6. The van der Waals surface area contributed by atoms with Gasteiger partial charge in [-0.2, -0.15) is 0 Å². The zero-order valence-electron chi connectivity index (χ0n) is 19.1. The Hall–Kier alpha value is -2.99. The van der Waals surface area contributed by atoms with Gasteiger partial charge in [-0.25, -0.2) is 0 Å². The fourth-order valence-electron chi connectivity index (χ4n) is 2.95. The Morgan fingerprint density at radius 1 is 0.935 bits per heavy atom. The van der Waals surface area contributed by atoms with Crippen LogP contribution in [0.5, 0.6) is 17.2 Å². The van der Waals surface area contributed by atoms with E-state index < -0.39 is 0 Å². The van der Waals surface area contributed by atoms with Crippen LogP contribution in [0.2, 0.25) is 0 Å². The van der Waals surface area contributed by atoms with Crippen molar-refractivity contribution in [2.45, 2.75) is 34.3 Å².